The van der Waals surface area contributed by atoms with Crippen molar-refractivity contribution in [2.24, 2.45) is 0 Å². The predicted molar refractivity (Wildman–Crippen MR) is 99.6 cm³/mol. The second-order valence-electron chi connectivity index (χ2n) is 6.32. The molecule has 0 aliphatic rings. The Labute approximate surface area is 155 Å². The highest BCUT2D eigenvalue weighted by atomic mass is 32.1. The Morgan fingerprint density at radius 2 is 1.96 bits per heavy atom. The molecule has 0 saturated heterocycles. The fourth-order valence-corrected chi connectivity index (χ4v) is 3.66. The lowest BCUT2D eigenvalue weighted by Gasteiger charge is -2.15. The van der Waals surface area contributed by atoms with Crippen molar-refractivity contribution in [3.63, 3.8) is 0 Å². The monoisotopic (exact) mass is 374 g/mol. The van der Waals surface area contributed by atoms with Crippen molar-refractivity contribution in [3.05, 3.63) is 80.8 Å². The van der Waals surface area contributed by atoms with E-state index in [2.05, 4.69) is 16.0 Å². The molecule has 0 fully saturated rings. The van der Waals surface area contributed by atoms with Crippen LogP contribution in [0.25, 0.3) is 0 Å². The van der Waals surface area contributed by atoms with Gasteiger partial charge in [-0.15, -0.1) is 11.3 Å². The normalized spacial score (nSPS) is 12.2. The number of carbonyl (C=O) groups is 1. The molecule has 136 valence electrons. The van der Waals surface area contributed by atoms with Gasteiger partial charge in [-0.3, -0.25) is 4.79 Å². The van der Waals surface area contributed by atoms with Gasteiger partial charge in [-0.2, -0.15) is 0 Å². The van der Waals surface area contributed by atoms with E-state index in [1.54, 1.807) is 18.3 Å². The summed E-state index contributed by atoms with van der Waals surface area (Å²) in [5, 5.41) is 4.89. The van der Waals surface area contributed by atoms with E-state index in [0.29, 0.717) is 11.1 Å². The summed E-state index contributed by atoms with van der Waals surface area (Å²) in [4.78, 5) is 13.9. The number of hydrogen-bond donors (Lipinski definition) is 1. The summed E-state index contributed by atoms with van der Waals surface area (Å²) in [6, 6.07) is 9.15. The molecule has 0 radical (unpaired) electrons. The molecule has 3 rings (SSSR count). The van der Waals surface area contributed by atoms with Crippen molar-refractivity contribution in [2.45, 2.75) is 33.4 Å². The van der Waals surface area contributed by atoms with Gasteiger partial charge in [0, 0.05) is 16.3 Å². The minimum absolute atomic E-state index is 0.229. The average molecular weight is 374 g/mol. The minimum Gasteiger partial charge on any atom is -0.345 e. The predicted octanol–water partition coefficient (Wildman–Crippen LogP) is 4.98. The third-order valence-electron chi connectivity index (χ3n) is 4.50. The van der Waals surface area contributed by atoms with Crippen LogP contribution in [0.3, 0.4) is 0 Å². The van der Waals surface area contributed by atoms with Crippen molar-refractivity contribution in [3.8, 4) is 0 Å². The molecule has 1 unspecified atom stereocenters. The van der Waals surface area contributed by atoms with Crippen LogP contribution in [0, 0.1) is 25.5 Å². The Morgan fingerprint density at radius 1 is 1.19 bits per heavy atom. The number of rotatable bonds is 5. The zero-order valence-electron chi connectivity index (χ0n) is 14.8. The number of nitrogens with one attached hydrogen (secondary N) is 1. The quantitative estimate of drug-likeness (QED) is 0.671. The van der Waals surface area contributed by atoms with Gasteiger partial charge < -0.3 is 9.88 Å². The van der Waals surface area contributed by atoms with E-state index in [-0.39, 0.29) is 5.91 Å². The first-order chi connectivity index (χ1) is 12.4. The second-order valence-corrected chi connectivity index (χ2v) is 7.35. The zero-order valence-corrected chi connectivity index (χ0v) is 15.7. The van der Waals surface area contributed by atoms with Gasteiger partial charge in [0.2, 0.25) is 0 Å². The molecule has 2 aromatic heterocycles. The number of carbonyl (C=O) groups excluding carboxylic acids is 1. The minimum atomic E-state index is -0.919. The van der Waals surface area contributed by atoms with Crippen LogP contribution in [0.2, 0.25) is 0 Å². The summed E-state index contributed by atoms with van der Waals surface area (Å²) in [5.41, 5.74) is 2.99. The molecule has 1 aromatic carbocycles. The molecule has 2 heterocycles. The van der Waals surface area contributed by atoms with Crippen LogP contribution in [0.1, 0.15) is 45.2 Å². The van der Waals surface area contributed by atoms with Gasteiger partial charge in [-0.25, -0.2) is 8.78 Å². The first-order valence-corrected chi connectivity index (χ1v) is 9.19. The molecule has 0 aliphatic carbocycles. The molecule has 3 aromatic rings. The second kappa shape index (κ2) is 7.41. The van der Waals surface area contributed by atoms with Gasteiger partial charge in [0.1, 0.15) is 0 Å². The van der Waals surface area contributed by atoms with Gasteiger partial charge in [-0.1, -0.05) is 12.1 Å². The molecule has 1 amide bonds. The van der Waals surface area contributed by atoms with Crippen molar-refractivity contribution in [1.82, 2.24) is 9.88 Å². The lowest BCUT2D eigenvalue weighted by atomic mass is 10.1. The highest BCUT2D eigenvalue weighted by molar-refractivity contribution is 7.09. The van der Waals surface area contributed by atoms with E-state index in [1.165, 1.54) is 10.9 Å². The Hall–Kier alpha value is -2.47. The van der Waals surface area contributed by atoms with Crippen molar-refractivity contribution in [2.75, 3.05) is 0 Å². The maximum atomic E-state index is 13.4. The Kier molecular flexibility index (Phi) is 5.23. The molecule has 1 atom stereocenters. The molecular formula is C20H20F2N2OS. The fourth-order valence-electron chi connectivity index (χ4n) is 2.97. The van der Waals surface area contributed by atoms with Crippen molar-refractivity contribution >= 4 is 17.2 Å². The molecular weight excluding hydrogens is 354 g/mol. The number of aromatic nitrogens is 1. The molecule has 26 heavy (non-hydrogen) atoms. The van der Waals surface area contributed by atoms with Gasteiger partial charge in [0.05, 0.1) is 18.2 Å². The summed E-state index contributed by atoms with van der Waals surface area (Å²) < 4.78 is 28.6. The summed E-state index contributed by atoms with van der Waals surface area (Å²) >= 11 is 1.68. The van der Waals surface area contributed by atoms with E-state index >= 15 is 0 Å². The number of hydrogen-bond acceptors (Lipinski definition) is 2. The van der Waals surface area contributed by atoms with Gasteiger partial charge >= 0.3 is 0 Å². The van der Waals surface area contributed by atoms with E-state index < -0.39 is 17.7 Å². The standard InChI is InChI=1S/C20H20F2N2OS/c1-12-9-17(14(3)24(12)11-16-5-4-8-26-16)20(25)23-13(2)15-6-7-18(21)19(22)10-15/h4-10,13H,11H2,1-3H3,(H,23,25). The van der Waals surface area contributed by atoms with Crippen LogP contribution in [-0.4, -0.2) is 10.5 Å². The summed E-state index contributed by atoms with van der Waals surface area (Å²) in [6.45, 7) is 6.35. The molecule has 0 bridgehead atoms. The maximum absolute atomic E-state index is 13.4. The van der Waals surface area contributed by atoms with Crippen LogP contribution in [0.15, 0.2) is 41.8 Å². The maximum Gasteiger partial charge on any atom is 0.253 e. The van der Waals surface area contributed by atoms with E-state index in [0.717, 1.165) is 30.1 Å². The van der Waals surface area contributed by atoms with Crippen LogP contribution in [-0.2, 0) is 6.54 Å². The molecule has 0 aliphatic heterocycles. The smallest absolute Gasteiger partial charge is 0.253 e. The van der Waals surface area contributed by atoms with E-state index in [9.17, 15) is 13.6 Å². The molecule has 6 heteroatoms. The first kappa shape index (κ1) is 18.3. The van der Waals surface area contributed by atoms with Crippen LogP contribution in [0.5, 0.6) is 0 Å². The number of amides is 1. The third-order valence-corrected chi connectivity index (χ3v) is 5.36. The topological polar surface area (TPSA) is 34.0 Å². The van der Waals surface area contributed by atoms with Crippen LogP contribution in [0.4, 0.5) is 8.78 Å². The van der Waals surface area contributed by atoms with E-state index in [1.807, 2.05) is 31.4 Å². The number of nitrogens with zero attached hydrogens (tertiary/aromatic N) is 1. The summed E-state index contributed by atoms with van der Waals surface area (Å²) in [6.07, 6.45) is 0. The van der Waals surface area contributed by atoms with Crippen LogP contribution >= 0.6 is 11.3 Å². The number of halogens is 2. The Bertz CT molecular complexity index is 932. The van der Waals surface area contributed by atoms with Gasteiger partial charge in [0.15, 0.2) is 11.6 Å². The first-order valence-electron chi connectivity index (χ1n) is 8.31. The lowest BCUT2D eigenvalue weighted by molar-refractivity contribution is 0.0939. The largest absolute Gasteiger partial charge is 0.345 e. The fraction of sp³-hybridized carbons (Fsp3) is 0.250. The van der Waals surface area contributed by atoms with E-state index in [4.69, 9.17) is 0 Å². The van der Waals surface area contributed by atoms with Crippen molar-refractivity contribution < 1.29 is 13.6 Å². The average Bonchev–Trinajstić information content (AvgIpc) is 3.21. The number of aryl methyl sites for hydroxylation is 1. The molecule has 3 nitrogen and oxygen atoms in total. The molecule has 0 spiro atoms. The Balaban J connectivity index is 1.78. The number of benzene rings is 1. The van der Waals surface area contributed by atoms with Gasteiger partial charge in [-0.05, 0) is 56.0 Å². The SMILES string of the molecule is Cc1cc(C(=O)NC(C)c2ccc(F)c(F)c2)c(C)n1Cc1cccs1. The Morgan fingerprint density at radius 3 is 2.62 bits per heavy atom. The number of thiophene rings is 1. The molecule has 1 N–H and O–H groups in total. The summed E-state index contributed by atoms with van der Waals surface area (Å²) in [7, 11) is 0. The highest BCUT2D eigenvalue weighted by Crippen LogP contribution is 2.21. The lowest BCUT2D eigenvalue weighted by Crippen LogP contribution is -2.27. The molecule has 0 saturated carbocycles. The van der Waals surface area contributed by atoms with Gasteiger partial charge in [0.25, 0.3) is 5.91 Å². The van der Waals surface area contributed by atoms with Crippen LogP contribution < -0.4 is 5.32 Å². The third kappa shape index (κ3) is 3.70. The highest BCUT2D eigenvalue weighted by Gasteiger charge is 2.19. The zero-order chi connectivity index (χ0) is 18.8. The van der Waals surface area contributed by atoms with Crippen molar-refractivity contribution in [1.29, 1.82) is 0 Å². The summed E-state index contributed by atoms with van der Waals surface area (Å²) in [5.74, 6) is -2.05.